The van der Waals surface area contributed by atoms with E-state index in [9.17, 15) is 13.2 Å². The average molecular weight is 325 g/mol. The number of thiophene rings is 1. The fourth-order valence-electron chi connectivity index (χ4n) is 1.76. The minimum absolute atomic E-state index is 0.0583. The molecule has 0 atom stereocenters. The first-order valence-electron chi connectivity index (χ1n) is 6.33. The van der Waals surface area contributed by atoms with Crippen LogP contribution in [-0.2, 0) is 23.0 Å². The number of sulfonamides is 1. The SMILES string of the molecule is CCc1ccc(S(=O)(=O)NCc2cccc(C(=O)O)c2)s1. The molecule has 1 aromatic heterocycles. The Morgan fingerprint density at radius 3 is 2.67 bits per heavy atom. The average Bonchev–Trinajstić information content (AvgIpc) is 2.95. The molecule has 2 aromatic rings. The van der Waals surface area contributed by atoms with E-state index in [1.165, 1.54) is 23.5 Å². The summed E-state index contributed by atoms with van der Waals surface area (Å²) in [5.41, 5.74) is 0.738. The molecule has 21 heavy (non-hydrogen) atoms. The van der Waals surface area contributed by atoms with Gasteiger partial charge in [0.1, 0.15) is 4.21 Å². The summed E-state index contributed by atoms with van der Waals surface area (Å²) in [6, 6.07) is 9.57. The normalized spacial score (nSPS) is 11.5. The molecule has 0 aliphatic carbocycles. The summed E-state index contributed by atoms with van der Waals surface area (Å²) in [5, 5.41) is 8.91. The van der Waals surface area contributed by atoms with Crippen LogP contribution in [0.5, 0.6) is 0 Å². The lowest BCUT2D eigenvalue weighted by molar-refractivity contribution is 0.0696. The Balaban J connectivity index is 2.11. The van der Waals surface area contributed by atoms with E-state index in [0.29, 0.717) is 5.56 Å². The highest BCUT2D eigenvalue weighted by Gasteiger charge is 2.16. The highest BCUT2D eigenvalue weighted by molar-refractivity contribution is 7.91. The number of carboxylic acid groups (broad SMARTS) is 1. The van der Waals surface area contributed by atoms with E-state index in [0.717, 1.165) is 11.3 Å². The second-order valence-electron chi connectivity index (χ2n) is 4.40. The fourth-order valence-corrected chi connectivity index (χ4v) is 4.11. The van der Waals surface area contributed by atoms with Crippen LogP contribution in [0.15, 0.2) is 40.6 Å². The monoisotopic (exact) mass is 325 g/mol. The van der Waals surface area contributed by atoms with Crippen molar-refractivity contribution in [1.29, 1.82) is 0 Å². The molecule has 7 heteroatoms. The first-order chi connectivity index (χ1) is 9.92. The third-order valence-electron chi connectivity index (χ3n) is 2.89. The van der Waals surface area contributed by atoms with Crippen molar-refractivity contribution >= 4 is 27.3 Å². The summed E-state index contributed by atoms with van der Waals surface area (Å²) in [7, 11) is -3.56. The summed E-state index contributed by atoms with van der Waals surface area (Å²) < 4.78 is 27.0. The number of carboxylic acids is 1. The minimum Gasteiger partial charge on any atom is -0.478 e. The smallest absolute Gasteiger partial charge is 0.335 e. The summed E-state index contributed by atoms with van der Waals surface area (Å²) in [6.45, 7) is 2.02. The standard InChI is InChI=1S/C14H15NO4S2/c1-2-12-6-7-13(20-12)21(18,19)15-9-10-4-3-5-11(8-10)14(16)17/h3-8,15H,2,9H2,1H3,(H,16,17). The van der Waals surface area contributed by atoms with Gasteiger partial charge in [-0.2, -0.15) is 0 Å². The molecule has 0 saturated carbocycles. The molecule has 5 nitrogen and oxygen atoms in total. The van der Waals surface area contributed by atoms with Gasteiger partial charge in [-0.25, -0.2) is 17.9 Å². The quantitative estimate of drug-likeness (QED) is 0.854. The molecule has 0 aliphatic rings. The second-order valence-corrected chi connectivity index (χ2v) is 7.57. The fraction of sp³-hybridized carbons (Fsp3) is 0.214. The van der Waals surface area contributed by atoms with Gasteiger partial charge in [0, 0.05) is 11.4 Å². The molecule has 0 aliphatic heterocycles. The maximum Gasteiger partial charge on any atom is 0.335 e. The van der Waals surface area contributed by atoms with Gasteiger partial charge in [0.2, 0.25) is 10.0 Å². The summed E-state index contributed by atoms with van der Waals surface area (Å²) in [6.07, 6.45) is 0.793. The lowest BCUT2D eigenvalue weighted by Gasteiger charge is -2.05. The van der Waals surface area contributed by atoms with E-state index < -0.39 is 16.0 Å². The molecule has 0 amide bonds. The predicted molar refractivity (Wildman–Crippen MR) is 81.1 cm³/mol. The Kier molecular flexibility index (Phi) is 4.76. The number of benzene rings is 1. The van der Waals surface area contributed by atoms with Crippen LogP contribution >= 0.6 is 11.3 Å². The van der Waals surface area contributed by atoms with Crippen LogP contribution in [-0.4, -0.2) is 19.5 Å². The van der Waals surface area contributed by atoms with E-state index in [4.69, 9.17) is 5.11 Å². The maximum atomic E-state index is 12.1. The third kappa shape index (κ3) is 3.90. The number of rotatable bonds is 6. The first kappa shape index (κ1) is 15.7. The second kappa shape index (κ2) is 6.38. The number of aromatic carboxylic acids is 1. The lowest BCUT2D eigenvalue weighted by atomic mass is 10.1. The number of nitrogens with one attached hydrogen (secondary N) is 1. The Bertz CT molecular complexity index is 750. The zero-order valence-electron chi connectivity index (χ0n) is 11.4. The summed E-state index contributed by atoms with van der Waals surface area (Å²) in [5.74, 6) is -1.04. The van der Waals surface area contributed by atoms with Gasteiger partial charge in [0.05, 0.1) is 5.56 Å². The van der Waals surface area contributed by atoms with E-state index >= 15 is 0 Å². The third-order valence-corrected chi connectivity index (χ3v) is 6.01. The predicted octanol–water partition coefficient (Wildman–Crippen LogP) is 2.49. The van der Waals surface area contributed by atoms with Crippen molar-refractivity contribution in [2.45, 2.75) is 24.1 Å². The van der Waals surface area contributed by atoms with Crippen LogP contribution in [0.3, 0.4) is 0 Å². The van der Waals surface area contributed by atoms with Gasteiger partial charge in [-0.1, -0.05) is 19.1 Å². The number of hydrogen-bond donors (Lipinski definition) is 2. The molecule has 0 bridgehead atoms. The molecule has 0 fully saturated rings. The minimum atomic E-state index is -3.56. The van der Waals surface area contributed by atoms with Gasteiger partial charge >= 0.3 is 5.97 Å². The van der Waals surface area contributed by atoms with Crippen LogP contribution in [0.4, 0.5) is 0 Å². The van der Waals surface area contributed by atoms with Crippen molar-refractivity contribution in [3.8, 4) is 0 Å². The van der Waals surface area contributed by atoms with Crippen LogP contribution in [0, 0.1) is 0 Å². The van der Waals surface area contributed by atoms with Gasteiger partial charge in [-0.05, 0) is 36.2 Å². The number of hydrogen-bond acceptors (Lipinski definition) is 4. The van der Waals surface area contributed by atoms with Crippen molar-refractivity contribution in [2.75, 3.05) is 0 Å². The molecule has 1 aromatic carbocycles. The van der Waals surface area contributed by atoms with Crippen molar-refractivity contribution in [1.82, 2.24) is 4.72 Å². The zero-order chi connectivity index (χ0) is 15.5. The van der Waals surface area contributed by atoms with Crippen LogP contribution in [0.1, 0.15) is 27.7 Å². The van der Waals surface area contributed by atoms with Crippen LogP contribution in [0.25, 0.3) is 0 Å². The Morgan fingerprint density at radius 2 is 2.05 bits per heavy atom. The van der Waals surface area contributed by atoms with E-state index in [-0.39, 0.29) is 16.3 Å². The molecule has 2 rings (SSSR count). The largest absolute Gasteiger partial charge is 0.478 e. The molecule has 0 spiro atoms. The zero-order valence-corrected chi connectivity index (χ0v) is 13.0. The maximum absolute atomic E-state index is 12.1. The molecule has 0 radical (unpaired) electrons. The molecule has 0 unspecified atom stereocenters. The van der Waals surface area contributed by atoms with Crippen LogP contribution in [0.2, 0.25) is 0 Å². The van der Waals surface area contributed by atoms with E-state index in [1.54, 1.807) is 24.3 Å². The molecule has 2 N–H and O–H groups in total. The molecule has 0 saturated heterocycles. The molecular weight excluding hydrogens is 310 g/mol. The number of aryl methyl sites for hydroxylation is 1. The van der Waals surface area contributed by atoms with Gasteiger partial charge in [-0.3, -0.25) is 0 Å². The summed E-state index contributed by atoms with van der Waals surface area (Å²) in [4.78, 5) is 11.9. The number of carbonyl (C=O) groups is 1. The topological polar surface area (TPSA) is 83.5 Å². The highest BCUT2D eigenvalue weighted by Crippen LogP contribution is 2.22. The first-order valence-corrected chi connectivity index (χ1v) is 8.63. The van der Waals surface area contributed by atoms with Gasteiger partial charge in [0.25, 0.3) is 0 Å². The molecule has 1 heterocycles. The van der Waals surface area contributed by atoms with Crippen molar-refractivity contribution in [3.05, 3.63) is 52.4 Å². The molecular formula is C14H15NO4S2. The van der Waals surface area contributed by atoms with Gasteiger partial charge in [0.15, 0.2) is 0 Å². The Hall–Kier alpha value is -1.70. The lowest BCUT2D eigenvalue weighted by Crippen LogP contribution is -2.22. The highest BCUT2D eigenvalue weighted by atomic mass is 32.2. The Labute approximate surface area is 127 Å². The van der Waals surface area contributed by atoms with Crippen molar-refractivity contribution in [3.63, 3.8) is 0 Å². The Morgan fingerprint density at radius 1 is 1.29 bits per heavy atom. The van der Waals surface area contributed by atoms with E-state index in [1.807, 2.05) is 6.92 Å². The van der Waals surface area contributed by atoms with Crippen LogP contribution < -0.4 is 4.72 Å². The van der Waals surface area contributed by atoms with E-state index in [2.05, 4.69) is 4.72 Å². The molecule has 112 valence electrons. The summed E-state index contributed by atoms with van der Waals surface area (Å²) >= 11 is 1.24. The van der Waals surface area contributed by atoms with Crippen molar-refractivity contribution in [2.24, 2.45) is 0 Å². The van der Waals surface area contributed by atoms with Crippen molar-refractivity contribution < 1.29 is 18.3 Å². The van der Waals surface area contributed by atoms with Gasteiger partial charge in [-0.15, -0.1) is 11.3 Å². The van der Waals surface area contributed by atoms with Gasteiger partial charge < -0.3 is 5.11 Å².